The number of allylic oxidation sites excluding steroid dienone is 2. The Kier molecular flexibility index (Phi) is 2.42. The number of imidazole rings is 1. The highest BCUT2D eigenvalue weighted by molar-refractivity contribution is 6.14. The second-order valence-corrected chi connectivity index (χ2v) is 2.06. The van der Waals surface area contributed by atoms with Gasteiger partial charge in [0.25, 0.3) is 0 Å². The number of hydrogen-bond donors (Lipinski definition) is 2. The van der Waals surface area contributed by atoms with Crippen LogP contribution in [0, 0.1) is 0 Å². The highest BCUT2D eigenvalue weighted by atomic mass is 16.4. The summed E-state index contributed by atoms with van der Waals surface area (Å²) in [5.74, 6) is -0.688. The number of H-pyrrole nitrogens is 1. The van der Waals surface area contributed by atoms with Crippen LogP contribution in [0.1, 0.15) is 5.82 Å². The summed E-state index contributed by atoms with van der Waals surface area (Å²) in [6.45, 7) is 3.41. The van der Waals surface area contributed by atoms with E-state index >= 15 is 0 Å². The summed E-state index contributed by atoms with van der Waals surface area (Å²) < 4.78 is 0. The van der Waals surface area contributed by atoms with Crippen LogP contribution in [0.3, 0.4) is 0 Å². The lowest BCUT2D eigenvalue weighted by molar-refractivity contribution is -0.130. The van der Waals surface area contributed by atoms with E-state index < -0.39 is 5.97 Å². The molecule has 0 unspecified atom stereocenters. The van der Waals surface area contributed by atoms with E-state index in [0.29, 0.717) is 5.82 Å². The van der Waals surface area contributed by atoms with Crippen molar-refractivity contribution in [1.82, 2.24) is 9.97 Å². The lowest BCUT2D eigenvalue weighted by atomic mass is 10.2. The van der Waals surface area contributed by atoms with Crippen LogP contribution < -0.4 is 0 Å². The van der Waals surface area contributed by atoms with Crippen molar-refractivity contribution < 1.29 is 9.90 Å². The third-order valence-corrected chi connectivity index (χ3v) is 1.27. The summed E-state index contributed by atoms with van der Waals surface area (Å²) >= 11 is 0. The molecule has 0 aromatic carbocycles. The summed E-state index contributed by atoms with van der Waals surface area (Å²) in [4.78, 5) is 17.1. The van der Waals surface area contributed by atoms with Crippen molar-refractivity contribution in [3.05, 3.63) is 36.9 Å². The molecule has 0 aliphatic rings. The number of rotatable bonds is 3. The van der Waals surface area contributed by atoms with Gasteiger partial charge >= 0.3 is 5.97 Å². The summed E-state index contributed by atoms with van der Waals surface area (Å²) in [6.07, 6.45) is 5.86. The minimum atomic E-state index is -1.02. The van der Waals surface area contributed by atoms with Crippen molar-refractivity contribution >= 4 is 11.5 Å². The average Bonchev–Trinajstić information content (AvgIpc) is 2.51. The zero-order chi connectivity index (χ0) is 8.97. The minimum Gasteiger partial charge on any atom is -0.478 e. The Morgan fingerprint density at radius 2 is 2.50 bits per heavy atom. The molecule has 1 aromatic heterocycles. The first kappa shape index (κ1) is 8.26. The third kappa shape index (κ3) is 1.60. The van der Waals surface area contributed by atoms with E-state index in [-0.39, 0.29) is 5.57 Å². The van der Waals surface area contributed by atoms with Crippen LogP contribution in [0.2, 0.25) is 0 Å². The quantitative estimate of drug-likeness (QED) is 0.518. The zero-order valence-electron chi connectivity index (χ0n) is 6.32. The summed E-state index contributed by atoms with van der Waals surface area (Å²) in [6, 6.07) is 0. The van der Waals surface area contributed by atoms with Crippen molar-refractivity contribution in [3.8, 4) is 0 Å². The van der Waals surface area contributed by atoms with Crippen molar-refractivity contribution in [2.45, 2.75) is 0 Å². The van der Waals surface area contributed by atoms with Crippen molar-refractivity contribution in [3.63, 3.8) is 0 Å². The molecule has 0 aliphatic heterocycles. The second-order valence-electron chi connectivity index (χ2n) is 2.06. The van der Waals surface area contributed by atoms with Gasteiger partial charge in [-0.1, -0.05) is 12.7 Å². The molecule has 0 bridgehead atoms. The Labute approximate surface area is 69.3 Å². The Bertz CT molecular complexity index is 312. The van der Waals surface area contributed by atoms with Gasteiger partial charge in [-0.3, -0.25) is 0 Å². The molecule has 0 saturated carbocycles. The number of nitrogens with zero attached hydrogens (tertiary/aromatic N) is 1. The molecule has 4 nitrogen and oxygen atoms in total. The molecule has 1 heterocycles. The number of carboxylic acid groups (broad SMARTS) is 1. The molecular formula is C8H8N2O2. The number of aromatic nitrogens is 2. The Morgan fingerprint density at radius 3 is 2.92 bits per heavy atom. The molecule has 0 spiro atoms. The fraction of sp³-hybridized carbons (Fsp3) is 0. The first-order chi connectivity index (χ1) is 5.75. The summed E-state index contributed by atoms with van der Waals surface area (Å²) in [7, 11) is 0. The number of aromatic amines is 1. The van der Waals surface area contributed by atoms with Crippen LogP contribution in [-0.2, 0) is 4.79 Å². The molecule has 0 atom stereocenters. The molecule has 2 N–H and O–H groups in total. The van der Waals surface area contributed by atoms with Gasteiger partial charge in [0.2, 0.25) is 0 Å². The van der Waals surface area contributed by atoms with Gasteiger partial charge in [0.15, 0.2) is 0 Å². The number of aliphatic carboxylic acids is 1. The predicted molar refractivity (Wildman–Crippen MR) is 44.4 cm³/mol. The molecule has 12 heavy (non-hydrogen) atoms. The van der Waals surface area contributed by atoms with Gasteiger partial charge in [0.05, 0.1) is 0 Å². The smallest absolute Gasteiger partial charge is 0.339 e. The highest BCUT2D eigenvalue weighted by Gasteiger charge is 2.10. The van der Waals surface area contributed by atoms with E-state index in [4.69, 9.17) is 5.11 Å². The molecule has 0 fully saturated rings. The van der Waals surface area contributed by atoms with Crippen LogP contribution in [0.5, 0.6) is 0 Å². The summed E-state index contributed by atoms with van der Waals surface area (Å²) in [5, 5.41) is 8.70. The lowest BCUT2D eigenvalue weighted by Gasteiger charge is -1.94. The average molecular weight is 164 g/mol. The maximum atomic E-state index is 10.6. The minimum absolute atomic E-state index is 0.106. The molecule has 1 aromatic rings. The Morgan fingerprint density at radius 1 is 1.75 bits per heavy atom. The fourth-order valence-electron chi connectivity index (χ4n) is 0.782. The number of carbonyl (C=O) groups is 1. The molecule has 62 valence electrons. The SMILES string of the molecule is C=CC=C(C(=O)O)c1ncc[nH]1. The standard InChI is InChI=1S/C8H8N2O2/c1-2-3-6(8(11)12)7-9-4-5-10-7/h2-5H,1H2,(H,9,10)(H,11,12). The van der Waals surface area contributed by atoms with Gasteiger partial charge in [-0.25, -0.2) is 9.78 Å². The van der Waals surface area contributed by atoms with Crippen LogP contribution in [0.4, 0.5) is 0 Å². The van der Waals surface area contributed by atoms with E-state index in [1.807, 2.05) is 0 Å². The molecule has 0 radical (unpaired) electrons. The highest BCUT2D eigenvalue weighted by Crippen LogP contribution is 2.08. The van der Waals surface area contributed by atoms with Crippen LogP contribution in [0.25, 0.3) is 5.57 Å². The van der Waals surface area contributed by atoms with Gasteiger partial charge in [-0.05, 0) is 6.08 Å². The zero-order valence-corrected chi connectivity index (χ0v) is 6.32. The number of nitrogens with one attached hydrogen (secondary N) is 1. The topological polar surface area (TPSA) is 66.0 Å². The van der Waals surface area contributed by atoms with Crippen LogP contribution >= 0.6 is 0 Å². The summed E-state index contributed by atoms with van der Waals surface area (Å²) in [5.41, 5.74) is 0.106. The van der Waals surface area contributed by atoms with Gasteiger partial charge in [-0.15, -0.1) is 0 Å². The monoisotopic (exact) mass is 164 g/mol. The second kappa shape index (κ2) is 3.52. The van der Waals surface area contributed by atoms with E-state index in [1.54, 1.807) is 6.20 Å². The largest absolute Gasteiger partial charge is 0.478 e. The van der Waals surface area contributed by atoms with E-state index in [0.717, 1.165) is 0 Å². The number of hydrogen-bond acceptors (Lipinski definition) is 2. The normalized spacial score (nSPS) is 11.2. The maximum Gasteiger partial charge on any atom is 0.339 e. The van der Waals surface area contributed by atoms with Crippen molar-refractivity contribution in [2.75, 3.05) is 0 Å². The lowest BCUT2D eigenvalue weighted by Crippen LogP contribution is -2.00. The van der Waals surface area contributed by atoms with Crippen molar-refractivity contribution in [1.29, 1.82) is 0 Å². The molecular weight excluding hydrogens is 156 g/mol. The van der Waals surface area contributed by atoms with Gasteiger partial charge in [-0.2, -0.15) is 0 Å². The van der Waals surface area contributed by atoms with Gasteiger partial charge in [0, 0.05) is 12.4 Å². The fourth-order valence-corrected chi connectivity index (χ4v) is 0.782. The molecule has 0 aliphatic carbocycles. The Balaban J connectivity index is 3.04. The number of carboxylic acids is 1. The predicted octanol–water partition coefficient (Wildman–Crippen LogP) is 1.06. The van der Waals surface area contributed by atoms with Gasteiger partial charge < -0.3 is 10.1 Å². The van der Waals surface area contributed by atoms with Gasteiger partial charge in [0.1, 0.15) is 11.4 Å². The van der Waals surface area contributed by atoms with Crippen LogP contribution in [-0.4, -0.2) is 21.0 Å². The first-order valence-corrected chi connectivity index (χ1v) is 3.31. The molecule has 0 amide bonds. The van der Waals surface area contributed by atoms with Crippen LogP contribution in [0.15, 0.2) is 31.1 Å². The maximum absolute atomic E-state index is 10.6. The van der Waals surface area contributed by atoms with Crippen molar-refractivity contribution in [2.24, 2.45) is 0 Å². The molecule has 1 rings (SSSR count). The van der Waals surface area contributed by atoms with E-state index in [9.17, 15) is 4.79 Å². The van der Waals surface area contributed by atoms with E-state index in [2.05, 4.69) is 16.5 Å². The molecule has 4 heteroatoms. The van der Waals surface area contributed by atoms with E-state index in [1.165, 1.54) is 18.3 Å². The third-order valence-electron chi connectivity index (χ3n) is 1.27. The Hall–Kier alpha value is -1.84. The first-order valence-electron chi connectivity index (χ1n) is 3.31. The molecule has 0 saturated heterocycles.